The lowest BCUT2D eigenvalue weighted by Crippen LogP contribution is -2.21. The first-order chi connectivity index (χ1) is 16.0. The van der Waals surface area contributed by atoms with E-state index in [1.54, 1.807) is 0 Å². The third-order valence-corrected chi connectivity index (χ3v) is 4.64. The maximum absolute atomic E-state index is 12.8. The first-order valence-electron chi connectivity index (χ1n) is 9.80. The van der Waals surface area contributed by atoms with Crippen molar-refractivity contribution in [2.75, 3.05) is 24.4 Å². The SMILES string of the molecule is COC(=O)c1ccc(NC(=O)CCCC(=O)OCC(=O)Nc2cc(C(F)(F)F)ccc2Cl)cc1. The highest BCUT2D eigenvalue weighted by Crippen LogP contribution is 2.33. The zero-order chi connectivity index (χ0) is 25.3. The number of methoxy groups -OCH3 is 1. The number of halogens is 4. The summed E-state index contributed by atoms with van der Waals surface area (Å²) in [5.41, 5.74) is -0.497. The number of nitrogens with one attached hydrogen (secondary N) is 2. The highest BCUT2D eigenvalue weighted by Gasteiger charge is 2.31. The predicted molar refractivity (Wildman–Crippen MR) is 116 cm³/mol. The number of benzene rings is 2. The molecule has 0 bridgehead atoms. The lowest BCUT2D eigenvalue weighted by molar-refractivity contribution is -0.147. The Hall–Kier alpha value is -3.60. The maximum atomic E-state index is 12.8. The van der Waals surface area contributed by atoms with Gasteiger partial charge in [0, 0.05) is 18.5 Å². The summed E-state index contributed by atoms with van der Waals surface area (Å²) in [6.45, 7) is -0.732. The zero-order valence-electron chi connectivity index (χ0n) is 17.8. The minimum absolute atomic E-state index is 0.0140. The number of hydrogen-bond donors (Lipinski definition) is 2. The highest BCUT2D eigenvalue weighted by molar-refractivity contribution is 6.33. The van der Waals surface area contributed by atoms with Crippen LogP contribution in [0.3, 0.4) is 0 Å². The number of carbonyl (C=O) groups excluding carboxylic acids is 4. The number of hydrogen-bond acceptors (Lipinski definition) is 6. The van der Waals surface area contributed by atoms with E-state index >= 15 is 0 Å². The van der Waals surface area contributed by atoms with Crippen LogP contribution in [0.15, 0.2) is 42.5 Å². The Morgan fingerprint density at radius 1 is 0.941 bits per heavy atom. The van der Waals surface area contributed by atoms with Crippen molar-refractivity contribution in [2.24, 2.45) is 0 Å². The Labute approximate surface area is 197 Å². The molecule has 0 aliphatic rings. The molecule has 0 unspecified atom stereocenters. The van der Waals surface area contributed by atoms with Crippen LogP contribution in [0.25, 0.3) is 0 Å². The van der Waals surface area contributed by atoms with Crippen LogP contribution in [0.1, 0.15) is 35.2 Å². The molecule has 12 heteroatoms. The fourth-order valence-corrected chi connectivity index (χ4v) is 2.79. The minimum Gasteiger partial charge on any atom is -0.465 e. The number of rotatable bonds is 9. The molecule has 34 heavy (non-hydrogen) atoms. The van der Waals surface area contributed by atoms with Gasteiger partial charge in [0.05, 0.1) is 28.9 Å². The van der Waals surface area contributed by atoms with E-state index < -0.39 is 36.2 Å². The molecule has 0 saturated carbocycles. The molecule has 0 aliphatic heterocycles. The van der Waals surface area contributed by atoms with Gasteiger partial charge in [-0.3, -0.25) is 14.4 Å². The fraction of sp³-hybridized carbons (Fsp3) is 0.273. The molecule has 0 aromatic heterocycles. The van der Waals surface area contributed by atoms with E-state index in [-0.39, 0.29) is 35.9 Å². The van der Waals surface area contributed by atoms with Crippen molar-refractivity contribution in [3.63, 3.8) is 0 Å². The van der Waals surface area contributed by atoms with Crippen molar-refractivity contribution in [1.82, 2.24) is 0 Å². The van der Waals surface area contributed by atoms with Crippen LogP contribution < -0.4 is 10.6 Å². The lowest BCUT2D eigenvalue weighted by atomic mass is 10.2. The van der Waals surface area contributed by atoms with Crippen LogP contribution in [-0.4, -0.2) is 37.5 Å². The average Bonchev–Trinajstić information content (AvgIpc) is 2.78. The van der Waals surface area contributed by atoms with Gasteiger partial charge in [0.2, 0.25) is 5.91 Å². The number of anilines is 2. The highest BCUT2D eigenvalue weighted by atomic mass is 35.5. The number of carbonyl (C=O) groups is 4. The van der Waals surface area contributed by atoms with Crippen LogP contribution in [-0.2, 0) is 30.0 Å². The second-order valence-electron chi connectivity index (χ2n) is 6.87. The van der Waals surface area contributed by atoms with Crippen molar-refractivity contribution in [1.29, 1.82) is 0 Å². The molecule has 2 amide bonds. The fourth-order valence-electron chi connectivity index (χ4n) is 2.63. The van der Waals surface area contributed by atoms with Gasteiger partial charge in [0.1, 0.15) is 0 Å². The third kappa shape index (κ3) is 8.39. The van der Waals surface area contributed by atoms with Crippen molar-refractivity contribution in [3.05, 3.63) is 58.6 Å². The molecule has 0 aliphatic carbocycles. The van der Waals surface area contributed by atoms with Gasteiger partial charge >= 0.3 is 18.1 Å². The summed E-state index contributed by atoms with van der Waals surface area (Å²) in [5, 5.41) is 4.64. The molecule has 0 fully saturated rings. The van der Waals surface area contributed by atoms with Crippen LogP contribution in [0, 0.1) is 0 Å². The van der Waals surface area contributed by atoms with Gasteiger partial charge in [-0.25, -0.2) is 4.79 Å². The number of amides is 2. The Kier molecular flexibility index (Phi) is 9.43. The van der Waals surface area contributed by atoms with E-state index in [0.717, 1.165) is 12.1 Å². The maximum Gasteiger partial charge on any atom is 0.416 e. The number of alkyl halides is 3. The number of ether oxygens (including phenoxy) is 2. The predicted octanol–water partition coefficient (Wildman–Crippen LogP) is 4.44. The number of esters is 2. The molecule has 0 saturated heterocycles. The van der Waals surface area contributed by atoms with Crippen molar-refractivity contribution in [2.45, 2.75) is 25.4 Å². The van der Waals surface area contributed by atoms with Crippen LogP contribution in [0.2, 0.25) is 5.02 Å². The second kappa shape index (κ2) is 12.0. The Morgan fingerprint density at radius 2 is 1.62 bits per heavy atom. The second-order valence-corrected chi connectivity index (χ2v) is 7.28. The minimum atomic E-state index is -4.62. The van der Waals surface area contributed by atoms with E-state index in [1.807, 2.05) is 0 Å². The molecular weight excluding hydrogens is 481 g/mol. The van der Waals surface area contributed by atoms with E-state index in [1.165, 1.54) is 31.4 Å². The molecule has 2 aromatic rings. The summed E-state index contributed by atoms with van der Waals surface area (Å²) in [5.74, 6) is -2.53. The normalized spacial score (nSPS) is 10.9. The van der Waals surface area contributed by atoms with Crippen LogP contribution in [0.4, 0.5) is 24.5 Å². The molecular formula is C22H20ClF3N2O6. The van der Waals surface area contributed by atoms with Crippen molar-refractivity contribution in [3.8, 4) is 0 Å². The van der Waals surface area contributed by atoms with Gasteiger partial charge in [-0.05, 0) is 48.9 Å². The van der Waals surface area contributed by atoms with E-state index in [9.17, 15) is 32.3 Å². The van der Waals surface area contributed by atoms with E-state index in [0.29, 0.717) is 17.3 Å². The molecule has 182 valence electrons. The summed E-state index contributed by atoms with van der Waals surface area (Å²) < 4.78 is 47.7. The molecule has 2 N–H and O–H groups in total. The Balaban J connectivity index is 1.72. The van der Waals surface area contributed by atoms with Crippen LogP contribution in [0.5, 0.6) is 0 Å². The first kappa shape index (κ1) is 26.7. The van der Waals surface area contributed by atoms with Gasteiger partial charge in [-0.1, -0.05) is 11.6 Å². The lowest BCUT2D eigenvalue weighted by Gasteiger charge is -2.12. The van der Waals surface area contributed by atoms with Gasteiger partial charge in [-0.15, -0.1) is 0 Å². The summed E-state index contributed by atoms with van der Waals surface area (Å²) in [6, 6.07) is 8.44. The zero-order valence-corrected chi connectivity index (χ0v) is 18.6. The molecule has 0 atom stereocenters. The molecule has 0 radical (unpaired) electrons. The molecule has 2 aromatic carbocycles. The van der Waals surface area contributed by atoms with E-state index in [2.05, 4.69) is 15.4 Å². The molecule has 0 heterocycles. The summed E-state index contributed by atoms with van der Waals surface area (Å²) >= 11 is 5.79. The smallest absolute Gasteiger partial charge is 0.416 e. The van der Waals surface area contributed by atoms with Crippen LogP contribution >= 0.6 is 11.6 Å². The Bertz CT molecular complexity index is 1060. The summed E-state index contributed by atoms with van der Waals surface area (Å²) in [7, 11) is 1.25. The Morgan fingerprint density at radius 3 is 2.24 bits per heavy atom. The quantitative estimate of drug-likeness (QED) is 0.493. The largest absolute Gasteiger partial charge is 0.465 e. The summed E-state index contributed by atoms with van der Waals surface area (Å²) in [6.07, 6.45) is -4.66. The molecule has 0 spiro atoms. The van der Waals surface area contributed by atoms with Crippen molar-refractivity contribution < 1.29 is 41.8 Å². The van der Waals surface area contributed by atoms with Gasteiger partial charge in [0.25, 0.3) is 5.91 Å². The topological polar surface area (TPSA) is 111 Å². The van der Waals surface area contributed by atoms with Gasteiger partial charge < -0.3 is 20.1 Å². The monoisotopic (exact) mass is 500 g/mol. The van der Waals surface area contributed by atoms with Gasteiger partial charge in [0.15, 0.2) is 6.61 Å². The molecule has 8 nitrogen and oxygen atoms in total. The van der Waals surface area contributed by atoms with Gasteiger partial charge in [-0.2, -0.15) is 13.2 Å². The molecule has 2 rings (SSSR count). The van der Waals surface area contributed by atoms with E-state index in [4.69, 9.17) is 16.3 Å². The van der Waals surface area contributed by atoms with Crippen molar-refractivity contribution >= 4 is 46.7 Å². The third-order valence-electron chi connectivity index (χ3n) is 4.31. The summed E-state index contributed by atoms with van der Waals surface area (Å²) in [4.78, 5) is 47.0. The standard InChI is InChI=1S/C22H20ClF3N2O6/c1-33-21(32)13-5-8-15(9-6-13)27-18(29)3-2-4-20(31)34-12-19(30)28-17-11-14(22(24,25)26)7-10-16(17)23/h5-11H,2-4,12H2,1H3,(H,27,29)(H,28,30). The first-order valence-corrected chi connectivity index (χ1v) is 10.2. The average molecular weight is 501 g/mol.